The molecule has 6 heteroatoms. The topological polar surface area (TPSA) is 55.4 Å². The molecule has 1 rings (SSSR count). The Hall–Kier alpha value is -1.62. The lowest BCUT2D eigenvalue weighted by Crippen LogP contribution is -2.40. The van der Waals surface area contributed by atoms with Gasteiger partial charge in [0.05, 0.1) is 13.0 Å². The molecule has 0 aliphatic rings. The molecule has 0 aliphatic carbocycles. The molecule has 1 N–H and O–H groups in total. The molecule has 19 heavy (non-hydrogen) atoms. The third-order valence-electron chi connectivity index (χ3n) is 2.42. The van der Waals surface area contributed by atoms with Crippen molar-refractivity contribution in [1.29, 1.82) is 0 Å². The maximum Gasteiger partial charge on any atom is 0.328 e. The van der Waals surface area contributed by atoms with Crippen molar-refractivity contribution in [2.45, 2.75) is 26.3 Å². The Balaban J connectivity index is 2.63. The van der Waals surface area contributed by atoms with E-state index in [9.17, 15) is 14.0 Å². The van der Waals surface area contributed by atoms with Gasteiger partial charge in [-0.3, -0.25) is 4.79 Å². The van der Waals surface area contributed by atoms with Gasteiger partial charge in [-0.15, -0.1) is 0 Å². The van der Waals surface area contributed by atoms with Gasteiger partial charge in [-0.05, 0) is 26.0 Å². The van der Waals surface area contributed by atoms with Crippen molar-refractivity contribution in [3.63, 3.8) is 0 Å². The van der Waals surface area contributed by atoms with Crippen LogP contribution in [0.25, 0.3) is 0 Å². The van der Waals surface area contributed by atoms with Crippen LogP contribution < -0.4 is 5.32 Å². The molecule has 1 aromatic carbocycles. The minimum atomic E-state index is -0.780. The van der Waals surface area contributed by atoms with E-state index in [0.29, 0.717) is 0 Å². The van der Waals surface area contributed by atoms with Crippen molar-refractivity contribution in [2.75, 3.05) is 6.61 Å². The van der Waals surface area contributed by atoms with Crippen molar-refractivity contribution in [2.24, 2.45) is 0 Å². The van der Waals surface area contributed by atoms with E-state index in [-0.39, 0.29) is 23.6 Å². The second kappa shape index (κ2) is 7.09. The van der Waals surface area contributed by atoms with E-state index in [0.717, 1.165) is 0 Å². The van der Waals surface area contributed by atoms with Gasteiger partial charge < -0.3 is 10.1 Å². The lowest BCUT2D eigenvalue weighted by Gasteiger charge is -2.13. The summed E-state index contributed by atoms with van der Waals surface area (Å²) in [4.78, 5) is 23.0. The van der Waals surface area contributed by atoms with E-state index in [1.807, 2.05) is 0 Å². The molecule has 0 radical (unpaired) electrons. The zero-order valence-electron chi connectivity index (χ0n) is 10.7. The van der Waals surface area contributed by atoms with Gasteiger partial charge in [-0.25, -0.2) is 9.18 Å². The lowest BCUT2D eigenvalue weighted by molar-refractivity contribution is -0.146. The van der Waals surface area contributed by atoms with E-state index in [2.05, 4.69) is 5.32 Å². The molecule has 0 saturated heterocycles. The quantitative estimate of drug-likeness (QED) is 0.844. The Kier molecular flexibility index (Phi) is 5.76. The molecule has 1 unspecified atom stereocenters. The molecule has 0 saturated carbocycles. The number of carbonyl (C=O) groups is 2. The normalized spacial score (nSPS) is 11.8. The largest absolute Gasteiger partial charge is 0.464 e. The molecule has 0 bridgehead atoms. The lowest BCUT2D eigenvalue weighted by atomic mass is 10.1. The molecule has 0 heterocycles. The fourth-order valence-corrected chi connectivity index (χ4v) is 1.71. The number of ether oxygens (including phenoxy) is 1. The molecule has 0 aliphatic heterocycles. The Morgan fingerprint density at radius 1 is 1.47 bits per heavy atom. The SMILES string of the molecule is CCOC(=O)C(C)NC(=O)Cc1c(F)cccc1Cl. The first-order chi connectivity index (χ1) is 8.95. The molecule has 1 atom stereocenters. The highest BCUT2D eigenvalue weighted by atomic mass is 35.5. The van der Waals surface area contributed by atoms with Gasteiger partial charge in [0.25, 0.3) is 0 Å². The average molecular weight is 288 g/mol. The van der Waals surface area contributed by atoms with E-state index in [1.54, 1.807) is 6.92 Å². The van der Waals surface area contributed by atoms with Crippen LogP contribution in [0.1, 0.15) is 19.4 Å². The standard InChI is InChI=1S/C13H15ClFNO3/c1-3-19-13(18)8(2)16-12(17)7-9-10(14)5-4-6-11(9)15/h4-6,8H,3,7H2,1-2H3,(H,16,17). The summed E-state index contributed by atoms with van der Waals surface area (Å²) < 4.78 is 18.2. The van der Waals surface area contributed by atoms with E-state index in [4.69, 9.17) is 16.3 Å². The summed E-state index contributed by atoms with van der Waals surface area (Å²) in [6, 6.07) is 3.41. The number of benzene rings is 1. The Morgan fingerprint density at radius 2 is 2.16 bits per heavy atom. The third kappa shape index (κ3) is 4.52. The highest BCUT2D eigenvalue weighted by Gasteiger charge is 2.18. The number of nitrogens with one attached hydrogen (secondary N) is 1. The zero-order valence-corrected chi connectivity index (χ0v) is 11.5. The molecule has 1 aromatic rings. The molecular weight excluding hydrogens is 273 g/mol. The summed E-state index contributed by atoms with van der Waals surface area (Å²) in [6.45, 7) is 3.41. The van der Waals surface area contributed by atoms with E-state index < -0.39 is 23.7 Å². The van der Waals surface area contributed by atoms with E-state index >= 15 is 0 Å². The van der Waals surface area contributed by atoms with Crippen LogP contribution in [0, 0.1) is 5.82 Å². The number of rotatable bonds is 5. The number of esters is 1. The second-order valence-corrected chi connectivity index (χ2v) is 4.33. The maximum absolute atomic E-state index is 13.5. The number of hydrogen-bond acceptors (Lipinski definition) is 3. The minimum absolute atomic E-state index is 0.109. The van der Waals surface area contributed by atoms with Crippen LogP contribution in [-0.4, -0.2) is 24.5 Å². The fourth-order valence-electron chi connectivity index (χ4n) is 1.48. The van der Waals surface area contributed by atoms with Crippen molar-refractivity contribution in [1.82, 2.24) is 5.32 Å². The monoisotopic (exact) mass is 287 g/mol. The molecule has 0 spiro atoms. The fraction of sp³-hybridized carbons (Fsp3) is 0.385. The molecular formula is C13H15ClFNO3. The van der Waals surface area contributed by atoms with Crippen LogP contribution in [0.15, 0.2) is 18.2 Å². The van der Waals surface area contributed by atoms with Crippen LogP contribution in [0.5, 0.6) is 0 Å². The Bertz CT molecular complexity index is 459. The summed E-state index contributed by atoms with van der Waals surface area (Å²) in [5.41, 5.74) is 0.109. The average Bonchev–Trinajstić information content (AvgIpc) is 2.34. The van der Waals surface area contributed by atoms with Crippen LogP contribution in [0.3, 0.4) is 0 Å². The van der Waals surface area contributed by atoms with Crippen molar-refractivity contribution in [3.8, 4) is 0 Å². The first-order valence-electron chi connectivity index (χ1n) is 5.84. The number of carbonyl (C=O) groups excluding carboxylic acids is 2. The van der Waals surface area contributed by atoms with Crippen LogP contribution in [0.4, 0.5) is 4.39 Å². The highest BCUT2D eigenvalue weighted by molar-refractivity contribution is 6.31. The summed E-state index contributed by atoms with van der Waals surface area (Å²) >= 11 is 5.81. The number of amides is 1. The Labute approximate surface area is 115 Å². The summed E-state index contributed by atoms with van der Waals surface area (Å²) in [7, 11) is 0. The van der Waals surface area contributed by atoms with Gasteiger partial charge in [0.15, 0.2) is 0 Å². The summed E-state index contributed by atoms with van der Waals surface area (Å²) in [6.07, 6.45) is -0.227. The van der Waals surface area contributed by atoms with Gasteiger partial charge >= 0.3 is 5.97 Å². The first-order valence-corrected chi connectivity index (χ1v) is 6.22. The maximum atomic E-state index is 13.5. The second-order valence-electron chi connectivity index (χ2n) is 3.92. The number of hydrogen-bond donors (Lipinski definition) is 1. The predicted molar refractivity (Wildman–Crippen MR) is 69.4 cm³/mol. The zero-order chi connectivity index (χ0) is 14.4. The minimum Gasteiger partial charge on any atom is -0.464 e. The first kappa shape index (κ1) is 15.4. The van der Waals surface area contributed by atoms with Crippen LogP contribution in [-0.2, 0) is 20.7 Å². The van der Waals surface area contributed by atoms with Crippen molar-refractivity contribution >= 4 is 23.5 Å². The Morgan fingerprint density at radius 3 is 2.74 bits per heavy atom. The predicted octanol–water partition coefficient (Wildman–Crippen LogP) is 2.09. The van der Waals surface area contributed by atoms with E-state index in [1.165, 1.54) is 25.1 Å². The molecule has 0 fully saturated rings. The summed E-state index contributed by atoms with van der Waals surface area (Å²) in [5.74, 6) is -1.57. The van der Waals surface area contributed by atoms with Gasteiger partial charge in [-0.1, -0.05) is 17.7 Å². The van der Waals surface area contributed by atoms with Gasteiger partial charge in [0.1, 0.15) is 11.9 Å². The third-order valence-corrected chi connectivity index (χ3v) is 2.77. The molecule has 1 amide bonds. The molecule has 104 valence electrons. The van der Waals surface area contributed by atoms with Gasteiger partial charge in [-0.2, -0.15) is 0 Å². The molecule has 0 aromatic heterocycles. The summed E-state index contributed by atoms with van der Waals surface area (Å²) in [5, 5.41) is 2.61. The molecule has 4 nitrogen and oxygen atoms in total. The van der Waals surface area contributed by atoms with Crippen molar-refractivity contribution < 1.29 is 18.7 Å². The van der Waals surface area contributed by atoms with Crippen molar-refractivity contribution in [3.05, 3.63) is 34.6 Å². The van der Waals surface area contributed by atoms with Gasteiger partial charge in [0, 0.05) is 10.6 Å². The number of halogens is 2. The highest BCUT2D eigenvalue weighted by Crippen LogP contribution is 2.19. The van der Waals surface area contributed by atoms with Gasteiger partial charge in [0.2, 0.25) is 5.91 Å². The van der Waals surface area contributed by atoms with Crippen LogP contribution in [0.2, 0.25) is 5.02 Å². The smallest absolute Gasteiger partial charge is 0.328 e. The van der Waals surface area contributed by atoms with Crippen LogP contribution >= 0.6 is 11.6 Å².